The molecule has 1 aliphatic carbocycles. The molecule has 1 N–H and O–H groups in total. The van der Waals surface area contributed by atoms with E-state index < -0.39 is 6.10 Å². The third-order valence-corrected chi connectivity index (χ3v) is 6.20. The first-order valence-corrected chi connectivity index (χ1v) is 11.3. The monoisotopic (exact) mass is 428 g/mol. The van der Waals surface area contributed by atoms with Crippen molar-refractivity contribution in [1.82, 2.24) is 0 Å². The highest BCUT2D eigenvalue weighted by atomic mass is 16.6. The molecule has 0 radical (unpaired) electrons. The van der Waals surface area contributed by atoms with Crippen molar-refractivity contribution in [2.45, 2.75) is 57.0 Å². The maximum absolute atomic E-state index is 13.1. The lowest BCUT2D eigenvalue weighted by Crippen LogP contribution is -2.41. The van der Waals surface area contributed by atoms with Gasteiger partial charge in [0.1, 0.15) is 18.3 Å². The molecule has 168 valence electrons. The second-order valence-corrected chi connectivity index (χ2v) is 8.58. The predicted octanol–water partition coefficient (Wildman–Crippen LogP) is 3.74. The molecule has 0 amide bonds. The van der Waals surface area contributed by atoms with Crippen LogP contribution in [0.5, 0.6) is 0 Å². The quantitative estimate of drug-likeness (QED) is 0.459. The molecule has 1 saturated carbocycles. The first-order chi connectivity index (χ1) is 15.1. The van der Waals surface area contributed by atoms with E-state index in [2.05, 4.69) is 6.92 Å². The number of aliphatic hydroxyl groups excluding tert-OH is 1. The Hall–Kier alpha value is -1.99. The summed E-state index contributed by atoms with van der Waals surface area (Å²) in [6, 6.07) is 13.5. The summed E-state index contributed by atoms with van der Waals surface area (Å²) >= 11 is 0. The van der Waals surface area contributed by atoms with Crippen LogP contribution in [0.3, 0.4) is 0 Å². The summed E-state index contributed by atoms with van der Waals surface area (Å²) in [4.78, 5) is 13.1. The molecule has 5 unspecified atom stereocenters. The molecule has 0 spiro atoms. The summed E-state index contributed by atoms with van der Waals surface area (Å²) in [5, 5.41) is 12.1. The summed E-state index contributed by atoms with van der Waals surface area (Å²) in [6.45, 7) is 3.78. The topological polar surface area (TPSA) is 77.5 Å². The SMILES string of the molecule is CCC1CCC(OCC(O)COCC2CO2)C(OC(=O)c2cccc3ccccc23)C1. The molecule has 2 aliphatic rings. The maximum atomic E-state index is 13.1. The molecule has 4 rings (SSSR count). The van der Waals surface area contributed by atoms with Crippen LogP contribution in [-0.4, -0.2) is 61.9 Å². The number of benzene rings is 2. The van der Waals surface area contributed by atoms with Crippen molar-refractivity contribution in [3.05, 3.63) is 48.0 Å². The largest absolute Gasteiger partial charge is 0.456 e. The van der Waals surface area contributed by atoms with E-state index in [1.807, 2.05) is 42.5 Å². The van der Waals surface area contributed by atoms with Gasteiger partial charge in [-0.2, -0.15) is 0 Å². The zero-order chi connectivity index (χ0) is 21.6. The number of carbonyl (C=O) groups excluding carboxylic acids is 1. The van der Waals surface area contributed by atoms with Crippen molar-refractivity contribution in [2.75, 3.05) is 26.4 Å². The van der Waals surface area contributed by atoms with Gasteiger partial charge in [0, 0.05) is 0 Å². The predicted molar refractivity (Wildman–Crippen MR) is 117 cm³/mol. The summed E-state index contributed by atoms with van der Waals surface area (Å²) in [5.74, 6) is 0.192. The first kappa shape index (κ1) is 22.2. The number of rotatable bonds is 10. The van der Waals surface area contributed by atoms with Gasteiger partial charge >= 0.3 is 5.97 Å². The number of epoxide rings is 1. The minimum atomic E-state index is -0.711. The van der Waals surface area contributed by atoms with Crippen molar-refractivity contribution in [2.24, 2.45) is 5.92 Å². The van der Waals surface area contributed by atoms with Crippen LogP contribution in [0, 0.1) is 5.92 Å². The van der Waals surface area contributed by atoms with E-state index in [1.54, 1.807) is 0 Å². The Labute approximate surface area is 183 Å². The zero-order valence-corrected chi connectivity index (χ0v) is 18.1. The molecule has 6 heteroatoms. The molecule has 31 heavy (non-hydrogen) atoms. The van der Waals surface area contributed by atoms with Crippen LogP contribution in [-0.2, 0) is 18.9 Å². The van der Waals surface area contributed by atoms with E-state index in [-0.39, 0.29) is 37.5 Å². The second kappa shape index (κ2) is 10.6. The Morgan fingerprint density at radius 2 is 1.94 bits per heavy atom. The zero-order valence-electron chi connectivity index (χ0n) is 18.1. The van der Waals surface area contributed by atoms with Crippen LogP contribution in [0.4, 0.5) is 0 Å². The van der Waals surface area contributed by atoms with Crippen molar-refractivity contribution in [1.29, 1.82) is 0 Å². The van der Waals surface area contributed by atoms with Gasteiger partial charge in [-0.15, -0.1) is 0 Å². The van der Waals surface area contributed by atoms with E-state index in [4.69, 9.17) is 18.9 Å². The van der Waals surface area contributed by atoms with Crippen LogP contribution in [0.1, 0.15) is 43.0 Å². The van der Waals surface area contributed by atoms with Gasteiger partial charge in [0.2, 0.25) is 0 Å². The van der Waals surface area contributed by atoms with E-state index in [0.29, 0.717) is 18.1 Å². The van der Waals surface area contributed by atoms with Gasteiger partial charge in [-0.3, -0.25) is 0 Å². The van der Waals surface area contributed by atoms with Crippen LogP contribution >= 0.6 is 0 Å². The molecular weight excluding hydrogens is 396 g/mol. The molecule has 0 aromatic heterocycles. The first-order valence-electron chi connectivity index (χ1n) is 11.3. The Morgan fingerprint density at radius 1 is 1.13 bits per heavy atom. The van der Waals surface area contributed by atoms with E-state index >= 15 is 0 Å². The summed E-state index contributed by atoms with van der Waals surface area (Å²) in [6.07, 6.45) is 2.61. The minimum Gasteiger partial charge on any atom is -0.456 e. The Morgan fingerprint density at radius 3 is 2.74 bits per heavy atom. The van der Waals surface area contributed by atoms with E-state index in [1.165, 1.54) is 0 Å². The van der Waals surface area contributed by atoms with E-state index in [9.17, 15) is 9.90 Å². The van der Waals surface area contributed by atoms with Gasteiger partial charge in [-0.1, -0.05) is 49.7 Å². The van der Waals surface area contributed by atoms with Crippen LogP contribution < -0.4 is 0 Å². The average molecular weight is 429 g/mol. The molecule has 5 atom stereocenters. The smallest absolute Gasteiger partial charge is 0.339 e. The van der Waals surface area contributed by atoms with Gasteiger partial charge in [0.05, 0.1) is 38.1 Å². The number of fused-ring (bicyclic) bond motifs is 1. The van der Waals surface area contributed by atoms with Gasteiger partial charge in [0.25, 0.3) is 0 Å². The van der Waals surface area contributed by atoms with Gasteiger partial charge < -0.3 is 24.1 Å². The van der Waals surface area contributed by atoms with Crippen LogP contribution in [0.15, 0.2) is 42.5 Å². The minimum absolute atomic E-state index is 0.162. The lowest BCUT2D eigenvalue weighted by atomic mass is 9.83. The van der Waals surface area contributed by atoms with Crippen molar-refractivity contribution in [3.63, 3.8) is 0 Å². The summed E-state index contributed by atoms with van der Waals surface area (Å²) in [5.41, 5.74) is 0.575. The maximum Gasteiger partial charge on any atom is 0.339 e. The fourth-order valence-corrected chi connectivity index (χ4v) is 4.26. The molecule has 2 fully saturated rings. The number of esters is 1. The van der Waals surface area contributed by atoms with Crippen molar-refractivity contribution < 1.29 is 28.8 Å². The number of aliphatic hydroxyl groups is 1. The summed E-state index contributed by atoms with van der Waals surface area (Å²) < 4.78 is 22.5. The number of hydrogen-bond donors (Lipinski definition) is 1. The standard InChI is InChI=1S/C25H32O6/c1-2-17-10-11-23(30-14-19(26)13-28-15-20-16-29-20)24(12-17)31-25(27)22-9-5-7-18-6-3-4-8-21(18)22/h3-9,17,19-20,23-24,26H,2,10-16H2,1H3. The number of hydrogen-bond acceptors (Lipinski definition) is 6. The van der Waals surface area contributed by atoms with Crippen LogP contribution in [0.25, 0.3) is 10.8 Å². The molecule has 2 aromatic rings. The molecular formula is C25H32O6. The second-order valence-electron chi connectivity index (χ2n) is 8.58. The highest BCUT2D eigenvalue weighted by Gasteiger charge is 2.34. The Balaban J connectivity index is 1.37. The molecule has 2 aromatic carbocycles. The molecule has 1 aliphatic heterocycles. The fraction of sp³-hybridized carbons (Fsp3) is 0.560. The summed E-state index contributed by atoms with van der Waals surface area (Å²) in [7, 11) is 0. The number of carbonyl (C=O) groups is 1. The van der Waals surface area contributed by atoms with Crippen LogP contribution in [0.2, 0.25) is 0 Å². The Bertz CT molecular complexity index is 859. The molecule has 6 nitrogen and oxygen atoms in total. The lowest BCUT2D eigenvalue weighted by Gasteiger charge is -2.35. The average Bonchev–Trinajstić information content (AvgIpc) is 3.62. The fourth-order valence-electron chi connectivity index (χ4n) is 4.26. The normalized spacial score (nSPS) is 26.5. The molecule has 1 saturated heterocycles. The van der Waals surface area contributed by atoms with Gasteiger partial charge in [-0.25, -0.2) is 4.79 Å². The highest BCUT2D eigenvalue weighted by molar-refractivity contribution is 6.04. The Kier molecular flexibility index (Phi) is 7.56. The van der Waals surface area contributed by atoms with Gasteiger partial charge in [-0.05, 0) is 42.0 Å². The van der Waals surface area contributed by atoms with E-state index in [0.717, 1.165) is 43.1 Å². The highest BCUT2D eigenvalue weighted by Crippen LogP contribution is 2.32. The molecule has 1 heterocycles. The number of ether oxygens (including phenoxy) is 4. The lowest BCUT2D eigenvalue weighted by molar-refractivity contribution is -0.107. The van der Waals surface area contributed by atoms with Crippen molar-refractivity contribution in [3.8, 4) is 0 Å². The molecule has 0 bridgehead atoms. The third-order valence-electron chi connectivity index (χ3n) is 6.20. The third kappa shape index (κ3) is 6.04. The van der Waals surface area contributed by atoms with Gasteiger partial charge in [0.15, 0.2) is 0 Å². The van der Waals surface area contributed by atoms with Crippen molar-refractivity contribution >= 4 is 16.7 Å².